The molecule has 5 aliphatic heterocycles. The van der Waals surface area contributed by atoms with E-state index in [2.05, 4.69) is 33.0 Å². The summed E-state index contributed by atoms with van der Waals surface area (Å²) in [5, 5.41) is 99.4. The van der Waals surface area contributed by atoms with E-state index in [1.807, 2.05) is 0 Å². The third-order valence-corrected chi connectivity index (χ3v) is 18.1. The van der Waals surface area contributed by atoms with Gasteiger partial charge >= 0.3 is 0 Å². The fraction of sp³-hybridized carbons (Fsp3) is 1.00. The SMILES string of the molecule is C[C@@H]1CCC2(NC1)OC1C[C@H]3[C@@H]4CC[C@H]5C[C@@H](O[C@@H]6O[C@H](CO)[C@H](O[C@@H]7O[C@H](CO)[C@@H](O)[C@H](O)[C@H]7O[C@@H]7OC[C@@H](O)[C@H](O)[C@H]7O)[C@H](O)[C@H]6O)CC[C@]5(C)[C@H]4CC[C@]3(C)C1[C@@H]2C. The smallest absolute Gasteiger partial charge is 0.187 e. The van der Waals surface area contributed by atoms with E-state index in [1.165, 1.54) is 25.7 Å². The second kappa shape index (κ2) is 17.2. The highest BCUT2D eigenvalue weighted by atomic mass is 16.8. The van der Waals surface area contributed by atoms with E-state index in [0.29, 0.717) is 47.5 Å². The first-order valence-corrected chi connectivity index (χ1v) is 23.3. The Kier molecular flexibility index (Phi) is 12.8. The Labute approximate surface area is 358 Å². The van der Waals surface area contributed by atoms with Crippen molar-refractivity contribution < 1.29 is 79.1 Å². The quantitative estimate of drug-likeness (QED) is 0.138. The summed E-state index contributed by atoms with van der Waals surface area (Å²) in [6.45, 7) is 9.10. The minimum Gasteiger partial charge on any atom is -0.394 e. The van der Waals surface area contributed by atoms with Crippen LogP contribution in [0, 0.1) is 52.3 Å². The normalized spacial score (nSPS) is 58.5. The van der Waals surface area contributed by atoms with E-state index in [0.717, 1.165) is 45.1 Å². The summed E-state index contributed by atoms with van der Waals surface area (Å²) < 4.78 is 42.5. The second-order valence-electron chi connectivity index (χ2n) is 21.2. The molecular weight excluding hydrogens is 798 g/mol. The van der Waals surface area contributed by atoms with E-state index in [-0.39, 0.29) is 22.7 Å². The van der Waals surface area contributed by atoms with E-state index in [4.69, 9.17) is 33.2 Å². The van der Waals surface area contributed by atoms with Crippen molar-refractivity contribution in [2.45, 2.75) is 196 Å². The van der Waals surface area contributed by atoms with E-state index >= 15 is 0 Å². The van der Waals surface area contributed by atoms with Crippen LogP contribution in [0.25, 0.3) is 0 Å². The van der Waals surface area contributed by atoms with Crippen LogP contribution in [0.15, 0.2) is 0 Å². The lowest BCUT2D eigenvalue weighted by molar-refractivity contribution is -0.385. The van der Waals surface area contributed by atoms with Gasteiger partial charge in [-0.1, -0.05) is 27.7 Å². The topological polar surface area (TPSA) is 259 Å². The molecule has 0 aromatic carbocycles. The predicted octanol–water partition coefficient (Wildman–Crippen LogP) is -0.521. The summed E-state index contributed by atoms with van der Waals surface area (Å²) in [5.74, 6) is 4.15. The van der Waals surface area contributed by atoms with Gasteiger partial charge in [-0.2, -0.15) is 0 Å². The highest BCUT2D eigenvalue weighted by Crippen LogP contribution is 2.71. The predicted molar refractivity (Wildman–Crippen MR) is 212 cm³/mol. The van der Waals surface area contributed by atoms with Gasteiger partial charge in [0, 0.05) is 12.5 Å². The monoisotopic (exact) mass is 871 g/mol. The van der Waals surface area contributed by atoms with Crippen molar-refractivity contribution in [2.24, 2.45) is 52.3 Å². The lowest BCUT2D eigenvalue weighted by Crippen LogP contribution is -2.66. The van der Waals surface area contributed by atoms with Gasteiger partial charge in [0.25, 0.3) is 0 Å². The Morgan fingerprint density at radius 2 is 1.33 bits per heavy atom. The van der Waals surface area contributed by atoms with Crippen LogP contribution in [0.4, 0.5) is 0 Å². The second-order valence-corrected chi connectivity index (χ2v) is 21.2. The zero-order chi connectivity index (χ0) is 43.3. The highest BCUT2D eigenvalue weighted by molar-refractivity contribution is 5.16. The van der Waals surface area contributed by atoms with E-state index < -0.39 is 106 Å². The van der Waals surface area contributed by atoms with Crippen LogP contribution in [0.2, 0.25) is 0 Å². The molecule has 0 amide bonds. The zero-order valence-corrected chi connectivity index (χ0v) is 36.1. The molecule has 9 fully saturated rings. The van der Waals surface area contributed by atoms with Crippen molar-refractivity contribution in [2.75, 3.05) is 26.4 Å². The Morgan fingerprint density at radius 1 is 0.639 bits per heavy atom. The Morgan fingerprint density at radius 3 is 2.05 bits per heavy atom. The maximum absolute atomic E-state index is 11.5. The molecule has 61 heavy (non-hydrogen) atoms. The third-order valence-electron chi connectivity index (χ3n) is 18.1. The summed E-state index contributed by atoms with van der Waals surface area (Å²) in [4.78, 5) is 0. The van der Waals surface area contributed by atoms with Crippen molar-refractivity contribution in [3.63, 3.8) is 0 Å². The number of nitrogens with one attached hydrogen (secondary N) is 1. The summed E-state index contributed by atoms with van der Waals surface area (Å²) in [7, 11) is 0. The van der Waals surface area contributed by atoms with Crippen LogP contribution in [0.3, 0.4) is 0 Å². The number of fused-ring (bicyclic) bond motifs is 7. The average molecular weight is 872 g/mol. The molecule has 0 aromatic rings. The van der Waals surface area contributed by atoms with E-state index in [1.54, 1.807) is 0 Å². The Hall–Kier alpha value is -0.680. The molecule has 9 rings (SSSR count). The maximum Gasteiger partial charge on any atom is 0.187 e. The van der Waals surface area contributed by atoms with Crippen molar-refractivity contribution in [1.29, 1.82) is 0 Å². The van der Waals surface area contributed by atoms with Crippen molar-refractivity contribution >= 4 is 0 Å². The first-order valence-electron chi connectivity index (χ1n) is 23.3. The van der Waals surface area contributed by atoms with Crippen LogP contribution in [-0.4, -0.2) is 176 Å². The van der Waals surface area contributed by atoms with Gasteiger partial charge in [-0.3, -0.25) is 5.32 Å². The fourth-order valence-electron chi connectivity index (χ4n) is 14.6. The molecule has 5 heterocycles. The lowest BCUT2D eigenvalue weighted by atomic mass is 9.44. The largest absolute Gasteiger partial charge is 0.394 e. The Balaban J connectivity index is 0.830. The average Bonchev–Trinajstić information content (AvgIpc) is 3.69. The van der Waals surface area contributed by atoms with Gasteiger partial charge < -0.3 is 79.1 Å². The molecule has 10 N–H and O–H groups in total. The molecule has 0 bridgehead atoms. The summed E-state index contributed by atoms with van der Waals surface area (Å²) >= 11 is 0. The molecule has 5 saturated heterocycles. The number of aliphatic hydroxyl groups excluding tert-OH is 9. The van der Waals surface area contributed by atoms with Crippen LogP contribution in [-0.2, 0) is 33.2 Å². The maximum atomic E-state index is 11.5. The number of rotatable bonds is 8. The number of ether oxygens (including phenoxy) is 7. The molecule has 350 valence electrons. The van der Waals surface area contributed by atoms with Gasteiger partial charge in [0.05, 0.1) is 32.0 Å². The van der Waals surface area contributed by atoms with Gasteiger partial charge in [0.15, 0.2) is 18.9 Å². The summed E-state index contributed by atoms with van der Waals surface area (Å²) in [6.07, 6.45) is -11.0. The number of aliphatic hydroxyl groups is 9. The van der Waals surface area contributed by atoms with Crippen LogP contribution >= 0.6 is 0 Å². The van der Waals surface area contributed by atoms with Gasteiger partial charge in [0.2, 0.25) is 0 Å². The molecular formula is C44H73NO16. The minimum absolute atomic E-state index is 0.161. The van der Waals surface area contributed by atoms with Gasteiger partial charge in [-0.05, 0) is 111 Å². The van der Waals surface area contributed by atoms with Gasteiger partial charge in [0.1, 0.15) is 72.9 Å². The fourth-order valence-corrected chi connectivity index (χ4v) is 14.6. The molecule has 1 spiro atoms. The zero-order valence-electron chi connectivity index (χ0n) is 36.1. The number of hydrogen-bond donors (Lipinski definition) is 10. The minimum atomic E-state index is -1.79. The first kappa shape index (κ1) is 45.5. The van der Waals surface area contributed by atoms with Gasteiger partial charge in [-0.25, -0.2) is 0 Å². The van der Waals surface area contributed by atoms with Crippen molar-refractivity contribution in [1.82, 2.24) is 5.32 Å². The van der Waals surface area contributed by atoms with Crippen molar-refractivity contribution in [3.8, 4) is 0 Å². The number of piperidine rings is 1. The van der Waals surface area contributed by atoms with Crippen LogP contribution < -0.4 is 5.32 Å². The molecule has 17 nitrogen and oxygen atoms in total. The lowest BCUT2D eigenvalue weighted by Gasteiger charge is -2.61. The highest BCUT2D eigenvalue weighted by Gasteiger charge is 2.69. The van der Waals surface area contributed by atoms with Crippen LogP contribution in [0.5, 0.6) is 0 Å². The van der Waals surface area contributed by atoms with Crippen LogP contribution in [0.1, 0.15) is 91.9 Å². The first-order chi connectivity index (χ1) is 29.0. The summed E-state index contributed by atoms with van der Waals surface area (Å²) in [6, 6.07) is 0. The molecule has 3 unspecified atom stereocenters. The molecule has 0 radical (unpaired) electrons. The van der Waals surface area contributed by atoms with E-state index in [9.17, 15) is 46.0 Å². The standard InChI is InChI=1S/C44H73NO16/c1-19-7-12-44(45-15-19)20(2)30-27(61-44)14-25-23-6-5-21-13-22(8-10-42(21,3)24(23)9-11-43(25,30)4)56-40-36(54)34(52)37(29(17-47)58-40)59-41-38(33(51)32(50)28(16-46)57-41)60-39-35(53)31(49)26(48)18-55-39/h19-41,45-54H,5-18H2,1-4H3/t19-,20+,21+,22+,23-,24+,25+,26-,27?,28-,29-,30?,31+,32-,33+,34-,35-,36-,37+,38-,39+,40-,41+,42+,43+,44?/m1/s1. The summed E-state index contributed by atoms with van der Waals surface area (Å²) in [5.41, 5.74) is 0.274. The molecule has 9 aliphatic rings. The molecule has 26 atom stereocenters. The molecule has 0 aromatic heterocycles. The Bertz CT molecular complexity index is 1520. The van der Waals surface area contributed by atoms with Crippen molar-refractivity contribution in [3.05, 3.63) is 0 Å². The number of hydrogen-bond acceptors (Lipinski definition) is 17. The van der Waals surface area contributed by atoms with Gasteiger partial charge in [-0.15, -0.1) is 0 Å². The molecule has 4 aliphatic carbocycles. The molecule has 4 saturated carbocycles. The third kappa shape index (κ3) is 7.58. The molecule has 17 heteroatoms.